The van der Waals surface area contributed by atoms with E-state index in [1.165, 1.54) is 0 Å². The van der Waals surface area contributed by atoms with E-state index in [9.17, 15) is 14.7 Å². The lowest BCUT2D eigenvalue weighted by Crippen LogP contribution is -2.42. The Hall–Kier alpha value is -2.04. The molecule has 0 heterocycles. The van der Waals surface area contributed by atoms with E-state index >= 15 is 0 Å². The summed E-state index contributed by atoms with van der Waals surface area (Å²) in [6.45, 7) is 3.68. The Morgan fingerprint density at radius 1 is 1.14 bits per heavy atom. The first kappa shape index (κ1) is 15.4. The van der Waals surface area contributed by atoms with Crippen molar-refractivity contribution in [3.05, 3.63) is 29.8 Å². The second-order valence-electron chi connectivity index (χ2n) is 6.02. The van der Waals surface area contributed by atoms with Gasteiger partial charge >= 0.3 is 11.9 Å². The average Bonchev–Trinajstić information content (AvgIpc) is 2.35. The van der Waals surface area contributed by atoms with Gasteiger partial charge in [0.2, 0.25) is 0 Å². The van der Waals surface area contributed by atoms with Crippen LogP contribution in [0.4, 0.5) is 5.69 Å². The molecular formula is C16H21NO4. The SMILES string of the molecule is CC(C)C(Nc1ccc(C2(C(=O)O)CCC2)cc1)C(=O)O. The molecule has 114 valence electrons. The Morgan fingerprint density at radius 3 is 2.05 bits per heavy atom. The Kier molecular flexibility index (Phi) is 4.21. The first-order chi connectivity index (χ1) is 9.86. The molecule has 1 saturated carbocycles. The van der Waals surface area contributed by atoms with Gasteiger partial charge in [0.05, 0.1) is 5.41 Å². The van der Waals surface area contributed by atoms with Crippen molar-refractivity contribution in [1.29, 1.82) is 0 Å². The minimum atomic E-state index is -0.893. The third-order valence-electron chi connectivity index (χ3n) is 4.31. The van der Waals surface area contributed by atoms with Crippen LogP contribution >= 0.6 is 0 Å². The monoisotopic (exact) mass is 291 g/mol. The quantitative estimate of drug-likeness (QED) is 0.750. The van der Waals surface area contributed by atoms with Crippen LogP contribution in [-0.4, -0.2) is 28.2 Å². The number of carboxylic acids is 2. The second kappa shape index (κ2) is 5.76. The standard InChI is InChI=1S/C16H21NO4/c1-10(2)13(14(18)19)17-12-6-4-11(5-7-12)16(15(20)21)8-3-9-16/h4-7,10,13,17H,3,8-9H2,1-2H3,(H,18,19)(H,20,21). The van der Waals surface area contributed by atoms with Crippen LogP contribution in [0.15, 0.2) is 24.3 Å². The van der Waals surface area contributed by atoms with Gasteiger partial charge in [-0.2, -0.15) is 0 Å². The molecule has 1 aliphatic carbocycles. The maximum absolute atomic E-state index is 11.5. The number of hydrogen-bond donors (Lipinski definition) is 3. The number of anilines is 1. The zero-order chi connectivity index (χ0) is 15.6. The number of aliphatic carboxylic acids is 2. The summed E-state index contributed by atoms with van der Waals surface area (Å²) in [5.41, 5.74) is 0.742. The largest absolute Gasteiger partial charge is 0.481 e. The molecule has 5 heteroatoms. The molecule has 1 aromatic rings. The van der Waals surface area contributed by atoms with Crippen molar-refractivity contribution >= 4 is 17.6 Å². The van der Waals surface area contributed by atoms with Crippen molar-refractivity contribution in [2.75, 3.05) is 5.32 Å². The van der Waals surface area contributed by atoms with E-state index in [1.54, 1.807) is 24.3 Å². The summed E-state index contributed by atoms with van der Waals surface area (Å²) in [7, 11) is 0. The van der Waals surface area contributed by atoms with E-state index in [4.69, 9.17) is 5.11 Å². The molecule has 1 aliphatic rings. The fourth-order valence-corrected chi connectivity index (χ4v) is 2.73. The van der Waals surface area contributed by atoms with Crippen molar-refractivity contribution in [1.82, 2.24) is 0 Å². The molecule has 2 rings (SSSR count). The number of nitrogens with one attached hydrogen (secondary N) is 1. The lowest BCUT2D eigenvalue weighted by Gasteiger charge is -2.38. The zero-order valence-corrected chi connectivity index (χ0v) is 12.3. The van der Waals surface area contributed by atoms with Crippen LogP contribution in [0.2, 0.25) is 0 Å². The maximum Gasteiger partial charge on any atom is 0.326 e. The van der Waals surface area contributed by atoms with E-state index in [2.05, 4.69) is 5.32 Å². The Labute approximate surface area is 124 Å². The average molecular weight is 291 g/mol. The van der Waals surface area contributed by atoms with Crippen LogP contribution in [0.3, 0.4) is 0 Å². The Balaban J connectivity index is 2.16. The number of carboxylic acid groups (broad SMARTS) is 2. The van der Waals surface area contributed by atoms with Crippen LogP contribution in [0.5, 0.6) is 0 Å². The van der Waals surface area contributed by atoms with Gasteiger partial charge < -0.3 is 15.5 Å². The van der Waals surface area contributed by atoms with Gasteiger partial charge in [0.25, 0.3) is 0 Å². The molecule has 0 spiro atoms. The van der Waals surface area contributed by atoms with E-state index < -0.39 is 23.4 Å². The summed E-state index contributed by atoms with van der Waals surface area (Å²) < 4.78 is 0. The number of hydrogen-bond acceptors (Lipinski definition) is 3. The third kappa shape index (κ3) is 2.86. The number of benzene rings is 1. The van der Waals surface area contributed by atoms with Crippen LogP contribution < -0.4 is 5.32 Å². The van der Waals surface area contributed by atoms with E-state index in [1.807, 2.05) is 13.8 Å². The van der Waals surface area contributed by atoms with Gasteiger partial charge in [-0.3, -0.25) is 4.79 Å². The highest BCUT2D eigenvalue weighted by Gasteiger charge is 2.45. The summed E-state index contributed by atoms with van der Waals surface area (Å²) in [4.78, 5) is 22.6. The summed E-state index contributed by atoms with van der Waals surface area (Å²) >= 11 is 0. The fraction of sp³-hybridized carbons (Fsp3) is 0.500. The van der Waals surface area contributed by atoms with Gasteiger partial charge in [0.1, 0.15) is 6.04 Å². The minimum absolute atomic E-state index is 0.0424. The predicted octanol–water partition coefficient (Wildman–Crippen LogP) is 2.71. The number of carbonyl (C=O) groups is 2. The molecule has 1 unspecified atom stereocenters. The van der Waals surface area contributed by atoms with Gasteiger partial charge in [-0.15, -0.1) is 0 Å². The molecule has 0 saturated heterocycles. The normalized spacial score (nSPS) is 17.9. The summed E-state index contributed by atoms with van der Waals surface area (Å²) in [6.07, 6.45) is 2.26. The van der Waals surface area contributed by atoms with Gasteiger partial charge in [0, 0.05) is 5.69 Å². The molecule has 0 aromatic heterocycles. The molecule has 5 nitrogen and oxygen atoms in total. The van der Waals surface area contributed by atoms with E-state index in [0.29, 0.717) is 18.5 Å². The van der Waals surface area contributed by atoms with Crippen LogP contribution in [0.25, 0.3) is 0 Å². The third-order valence-corrected chi connectivity index (χ3v) is 4.31. The lowest BCUT2D eigenvalue weighted by atomic mass is 9.64. The Bertz CT molecular complexity index is 532. The molecule has 1 atom stereocenters. The minimum Gasteiger partial charge on any atom is -0.481 e. The summed E-state index contributed by atoms with van der Waals surface area (Å²) in [5, 5.41) is 21.5. The van der Waals surface area contributed by atoms with Crippen LogP contribution in [0, 0.1) is 5.92 Å². The summed E-state index contributed by atoms with van der Waals surface area (Å²) in [6, 6.07) is 6.44. The molecule has 0 aliphatic heterocycles. The molecule has 1 aromatic carbocycles. The molecule has 0 bridgehead atoms. The maximum atomic E-state index is 11.5. The van der Waals surface area contributed by atoms with Crippen molar-refractivity contribution in [2.24, 2.45) is 5.92 Å². The van der Waals surface area contributed by atoms with E-state index in [0.717, 1.165) is 12.0 Å². The summed E-state index contributed by atoms with van der Waals surface area (Å²) in [5.74, 6) is -1.71. The fourth-order valence-electron chi connectivity index (χ4n) is 2.73. The van der Waals surface area contributed by atoms with Crippen LogP contribution in [-0.2, 0) is 15.0 Å². The smallest absolute Gasteiger partial charge is 0.326 e. The van der Waals surface area contributed by atoms with Crippen molar-refractivity contribution in [3.8, 4) is 0 Å². The van der Waals surface area contributed by atoms with Gasteiger partial charge in [-0.25, -0.2) is 4.79 Å². The molecule has 0 amide bonds. The van der Waals surface area contributed by atoms with Crippen LogP contribution in [0.1, 0.15) is 38.7 Å². The molecule has 3 N–H and O–H groups in total. The predicted molar refractivity (Wildman–Crippen MR) is 79.5 cm³/mol. The first-order valence-electron chi connectivity index (χ1n) is 7.20. The molecule has 21 heavy (non-hydrogen) atoms. The zero-order valence-electron chi connectivity index (χ0n) is 12.3. The highest BCUT2D eigenvalue weighted by molar-refractivity contribution is 5.83. The van der Waals surface area contributed by atoms with Crippen molar-refractivity contribution in [2.45, 2.75) is 44.6 Å². The highest BCUT2D eigenvalue weighted by Crippen LogP contribution is 2.44. The topological polar surface area (TPSA) is 86.6 Å². The van der Waals surface area contributed by atoms with Crippen molar-refractivity contribution in [3.63, 3.8) is 0 Å². The van der Waals surface area contributed by atoms with E-state index in [-0.39, 0.29) is 5.92 Å². The second-order valence-corrected chi connectivity index (χ2v) is 6.02. The molecule has 1 fully saturated rings. The van der Waals surface area contributed by atoms with Gasteiger partial charge in [-0.1, -0.05) is 32.4 Å². The van der Waals surface area contributed by atoms with Crippen molar-refractivity contribution < 1.29 is 19.8 Å². The molecular weight excluding hydrogens is 270 g/mol. The Morgan fingerprint density at radius 2 is 1.71 bits per heavy atom. The lowest BCUT2D eigenvalue weighted by molar-refractivity contribution is -0.147. The van der Waals surface area contributed by atoms with Gasteiger partial charge in [0.15, 0.2) is 0 Å². The van der Waals surface area contributed by atoms with Gasteiger partial charge in [-0.05, 0) is 36.5 Å². The highest BCUT2D eigenvalue weighted by atomic mass is 16.4. The number of rotatable bonds is 6. The first-order valence-corrected chi connectivity index (χ1v) is 7.20. The molecule has 0 radical (unpaired) electrons.